The summed E-state index contributed by atoms with van der Waals surface area (Å²) in [5.74, 6) is 3.35. The number of benzene rings is 1. The van der Waals surface area contributed by atoms with E-state index in [2.05, 4.69) is 19.2 Å². The van der Waals surface area contributed by atoms with Crippen molar-refractivity contribution in [2.45, 2.75) is 26.3 Å². The Morgan fingerprint density at radius 3 is 2.76 bits per heavy atom. The number of para-hydroxylation sites is 1. The molecular weight excluding hydrogens is 230 g/mol. The van der Waals surface area contributed by atoms with Crippen molar-refractivity contribution in [3.05, 3.63) is 30.3 Å². The predicted octanol–water partition coefficient (Wildman–Crippen LogP) is 3.19. The maximum absolute atomic E-state index is 5.62. The van der Waals surface area contributed by atoms with E-state index in [0.29, 0.717) is 6.04 Å². The Morgan fingerprint density at radius 2 is 2.06 bits per heavy atom. The predicted molar refractivity (Wildman–Crippen MR) is 77.0 cm³/mol. The Morgan fingerprint density at radius 1 is 1.29 bits per heavy atom. The molecule has 0 aromatic heterocycles. The fraction of sp³-hybridized carbons (Fsp3) is 0.571. The highest BCUT2D eigenvalue weighted by Crippen LogP contribution is 2.08. The highest BCUT2D eigenvalue weighted by Gasteiger charge is 1.99. The molecule has 2 nitrogen and oxygen atoms in total. The zero-order chi connectivity index (χ0) is 12.3. The summed E-state index contributed by atoms with van der Waals surface area (Å²) in [6.07, 6.45) is 1.05. The molecule has 1 unspecified atom stereocenters. The van der Waals surface area contributed by atoms with Gasteiger partial charge in [0.25, 0.3) is 0 Å². The second kappa shape index (κ2) is 9.37. The quantitative estimate of drug-likeness (QED) is 0.683. The normalized spacial score (nSPS) is 12.4. The molecule has 1 aromatic carbocycles. The van der Waals surface area contributed by atoms with E-state index in [9.17, 15) is 0 Å². The van der Waals surface area contributed by atoms with Crippen molar-refractivity contribution < 1.29 is 4.74 Å². The van der Waals surface area contributed by atoms with Crippen LogP contribution in [-0.4, -0.2) is 30.7 Å². The van der Waals surface area contributed by atoms with Gasteiger partial charge in [-0.05, 0) is 37.8 Å². The van der Waals surface area contributed by atoms with Crippen molar-refractivity contribution in [3.8, 4) is 5.75 Å². The molecule has 17 heavy (non-hydrogen) atoms. The first kappa shape index (κ1) is 14.4. The van der Waals surface area contributed by atoms with Gasteiger partial charge in [0.05, 0.1) is 6.61 Å². The van der Waals surface area contributed by atoms with Crippen LogP contribution in [0.1, 0.15) is 20.3 Å². The van der Waals surface area contributed by atoms with Gasteiger partial charge in [-0.15, -0.1) is 0 Å². The summed E-state index contributed by atoms with van der Waals surface area (Å²) in [5, 5.41) is 3.50. The molecule has 0 saturated carbocycles. The van der Waals surface area contributed by atoms with Gasteiger partial charge in [0.15, 0.2) is 0 Å². The number of hydrogen-bond donors (Lipinski definition) is 1. The third-order valence-corrected chi connectivity index (χ3v) is 3.54. The Hall–Kier alpha value is -0.670. The zero-order valence-electron chi connectivity index (χ0n) is 10.8. The Kier molecular flexibility index (Phi) is 7.93. The number of nitrogens with one attached hydrogen (secondary N) is 1. The van der Waals surface area contributed by atoms with Crippen LogP contribution in [0.2, 0.25) is 0 Å². The van der Waals surface area contributed by atoms with Gasteiger partial charge in [-0.1, -0.05) is 25.1 Å². The lowest BCUT2D eigenvalue weighted by Crippen LogP contribution is -2.30. The molecule has 1 rings (SSSR count). The van der Waals surface area contributed by atoms with Crippen LogP contribution in [0.4, 0.5) is 0 Å². The van der Waals surface area contributed by atoms with Gasteiger partial charge in [-0.2, -0.15) is 11.8 Å². The first-order valence-electron chi connectivity index (χ1n) is 6.32. The molecule has 0 amide bonds. The van der Waals surface area contributed by atoms with Crippen LogP contribution < -0.4 is 10.1 Å². The van der Waals surface area contributed by atoms with Crippen LogP contribution in [0.5, 0.6) is 5.75 Å². The Labute approximate surface area is 109 Å². The average molecular weight is 253 g/mol. The van der Waals surface area contributed by atoms with Crippen LogP contribution in [0.25, 0.3) is 0 Å². The summed E-state index contributed by atoms with van der Waals surface area (Å²) in [5.41, 5.74) is 0. The molecule has 0 aliphatic rings. The van der Waals surface area contributed by atoms with E-state index in [1.165, 1.54) is 11.5 Å². The summed E-state index contributed by atoms with van der Waals surface area (Å²) in [4.78, 5) is 0. The maximum atomic E-state index is 5.62. The van der Waals surface area contributed by atoms with Gasteiger partial charge < -0.3 is 10.1 Å². The minimum Gasteiger partial charge on any atom is -0.494 e. The van der Waals surface area contributed by atoms with Crippen molar-refractivity contribution in [3.63, 3.8) is 0 Å². The highest BCUT2D eigenvalue weighted by atomic mass is 32.2. The van der Waals surface area contributed by atoms with E-state index in [1.54, 1.807) is 0 Å². The van der Waals surface area contributed by atoms with Crippen LogP contribution in [0.15, 0.2) is 30.3 Å². The molecule has 0 saturated heterocycles. The molecule has 1 N–H and O–H groups in total. The summed E-state index contributed by atoms with van der Waals surface area (Å²) in [6.45, 7) is 6.24. The second-order valence-electron chi connectivity index (χ2n) is 4.03. The average Bonchev–Trinajstić information content (AvgIpc) is 2.37. The minimum atomic E-state index is 0.594. The molecule has 0 heterocycles. The van der Waals surface area contributed by atoms with Crippen LogP contribution in [-0.2, 0) is 0 Å². The van der Waals surface area contributed by atoms with Crippen molar-refractivity contribution >= 4 is 11.8 Å². The van der Waals surface area contributed by atoms with Crippen LogP contribution >= 0.6 is 11.8 Å². The largest absolute Gasteiger partial charge is 0.494 e. The molecule has 0 aliphatic heterocycles. The monoisotopic (exact) mass is 253 g/mol. The van der Waals surface area contributed by atoms with Crippen molar-refractivity contribution in [1.82, 2.24) is 5.32 Å². The first-order chi connectivity index (χ1) is 8.33. The standard InChI is InChI=1S/C14H23NOS/c1-3-17-12-13(2)15-10-7-11-16-14-8-5-4-6-9-14/h4-6,8-9,13,15H,3,7,10-12H2,1-2H3. The number of rotatable bonds is 9. The Bertz CT molecular complexity index is 279. The van der Waals surface area contributed by atoms with E-state index in [-0.39, 0.29) is 0 Å². The highest BCUT2D eigenvalue weighted by molar-refractivity contribution is 7.99. The summed E-state index contributed by atoms with van der Waals surface area (Å²) < 4.78 is 5.62. The van der Waals surface area contributed by atoms with Gasteiger partial charge in [-0.25, -0.2) is 0 Å². The fourth-order valence-corrected chi connectivity index (χ4v) is 2.19. The molecule has 3 heteroatoms. The molecule has 0 aliphatic carbocycles. The van der Waals surface area contributed by atoms with Crippen LogP contribution in [0, 0.1) is 0 Å². The SMILES string of the molecule is CCSCC(C)NCCCOc1ccccc1. The van der Waals surface area contributed by atoms with Gasteiger partial charge in [-0.3, -0.25) is 0 Å². The lowest BCUT2D eigenvalue weighted by molar-refractivity contribution is 0.306. The van der Waals surface area contributed by atoms with E-state index < -0.39 is 0 Å². The molecule has 96 valence electrons. The lowest BCUT2D eigenvalue weighted by Gasteiger charge is -2.13. The van der Waals surface area contributed by atoms with E-state index in [1.807, 2.05) is 42.1 Å². The third kappa shape index (κ3) is 7.29. The topological polar surface area (TPSA) is 21.3 Å². The molecule has 0 spiro atoms. The second-order valence-corrected chi connectivity index (χ2v) is 5.35. The summed E-state index contributed by atoms with van der Waals surface area (Å²) in [6, 6.07) is 10.6. The molecular formula is C14H23NOS. The molecule has 0 radical (unpaired) electrons. The van der Waals surface area contributed by atoms with E-state index in [4.69, 9.17) is 4.74 Å². The number of thioether (sulfide) groups is 1. The summed E-state index contributed by atoms with van der Waals surface area (Å²) in [7, 11) is 0. The van der Waals surface area contributed by atoms with Crippen molar-refractivity contribution in [2.24, 2.45) is 0 Å². The van der Waals surface area contributed by atoms with Crippen LogP contribution in [0.3, 0.4) is 0 Å². The fourth-order valence-electron chi connectivity index (χ4n) is 1.48. The molecule has 0 bridgehead atoms. The summed E-state index contributed by atoms with van der Waals surface area (Å²) >= 11 is 1.98. The number of ether oxygens (including phenoxy) is 1. The van der Waals surface area contributed by atoms with Crippen molar-refractivity contribution in [1.29, 1.82) is 0 Å². The zero-order valence-corrected chi connectivity index (χ0v) is 11.6. The van der Waals surface area contributed by atoms with E-state index in [0.717, 1.165) is 25.3 Å². The van der Waals surface area contributed by atoms with Gasteiger partial charge in [0, 0.05) is 11.8 Å². The molecule has 1 aromatic rings. The number of hydrogen-bond acceptors (Lipinski definition) is 3. The van der Waals surface area contributed by atoms with Gasteiger partial charge in [0.2, 0.25) is 0 Å². The first-order valence-corrected chi connectivity index (χ1v) is 7.47. The maximum Gasteiger partial charge on any atom is 0.119 e. The minimum absolute atomic E-state index is 0.594. The van der Waals surface area contributed by atoms with Crippen molar-refractivity contribution in [2.75, 3.05) is 24.7 Å². The van der Waals surface area contributed by atoms with E-state index >= 15 is 0 Å². The molecule has 1 atom stereocenters. The molecule has 0 fully saturated rings. The lowest BCUT2D eigenvalue weighted by atomic mass is 10.3. The van der Waals surface area contributed by atoms with Gasteiger partial charge >= 0.3 is 0 Å². The third-order valence-electron chi connectivity index (χ3n) is 2.40. The Balaban J connectivity index is 1.97. The van der Waals surface area contributed by atoms with Gasteiger partial charge in [0.1, 0.15) is 5.75 Å². The smallest absolute Gasteiger partial charge is 0.119 e.